The van der Waals surface area contributed by atoms with Crippen molar-refractivity contribution in [2.24, 2.45) is 11.8 Å². The van der Waals surface area contributed by atoms with Crippen LogP contribution in [0.5, 0.6) is 0 Å². The van der Waals surface area contributed by atoms with Gasteiger partial charge in [0.1, 0.15) is 0 Å². The van der Waals surface area contributed by atoms with Crippen LogP contribution in [-0.4, -0.2) is 0 Å². The summed E-state index contributed by atoms with van der Waals surface area (Å²) in [5.41, 5.74) is 0. The molecule has 8 heavy (non-hydrogen) atoms. The zero-order valence-electron chi connectivity index (χ0n) is 5.14. The Hall–Kier alpha value is 0.740. The zero-order chi connectivity index (χ0) is 5.40. The molecule has 2 atom stereocenters. The van der Waals surface area contributed by atoms with E-state index in [4.69, 9.17) is 0 Å². The van der Waals surface area contributed by atoms with Crippen LogP contribution < -0.4 is 0 Å². The summed E-state index contributed by atoms with van der Waals surface area (Å²) in [6, 6.07) is 0. The second-order valence-electron chi connectivity index (χ2n) is 3.04. The molecule has 1 heteroatoms. The van der Waals surface area contributed by atoms with Crippen LogP contribution in [0.2, 0.25) is 9.28 Å². The summed E-state index contributed by atoms with van der Waals surface area (Å²) in [6.45, 7) is 0. The van der Waals surface area contributed by atoms with E-state index in [9.17, 15) is 0 Å². The molecule has 2 fully saturated rings. The third kappa shape index (κ3) is 0.793. The average Bonchev–Trinajstić information content (AvgIpc) is 2.15. The molecule has 0 aromatic heterocycles. The Morgan fingerprint density at radius 1 is 1.00 bits per heavy atom. The van der Waals surface area contributed by atoms with Gasteiger partial charge in [-0.15, -0.1) is 0 Å². The van der Waals surface area contributed by atoms with Gasteiger partial charge in [-0.05, 0) is 0 Å². The van der Waals surface area contributed by atoms with Gasteiger partial charge in [0, 0.05) is 0 Å². The van der Waals surface area contributed by atoms with Gasteiger partial charge in [-0.2, -0.15) is 0 Å². The maximum absolute atomic E-state index is 1.74. The van der Waals surface area contributed by atoms with Gasteiger partial charge in [0.15, 0.2) is 0 Å². The van der Waals surface area contributed by atoms with Gasteiger partial charge in [-0.3, -0.25) is 0 Å². The fourth-order valence-electron chi connectivity index (χ4n) is 2.00. The fourth-order valence-corrected chi connectivity index (χ4v) is 8.37. The van der Waals surface area contributed by atoms with E-state index in [1.807, 2.05) is 0 Å². The molecule has 2 aliphatic rings. The first-order valence-electron chi connectivity index (χ1n) is 3.60. The summed E-state index contributed by atoms with van der Waals surface area (Å²) in [5.74, 6) is 2.51. The average molecular weight is 277 g/mol. The van der Waals surface area contributed by atoms with Gasteiger partial charge in [-0.25, -0.2) is 0 Å². The summed E-state index contributed by atoms with van der Waals surface area (Å²) in [6.07, 6.45) is 4.78. The van der Waals surface area contributed by atoms with Crippen molar-refractivity contribution in [2.45, 2.75) is 28.5 Å². The first-order chi connectivity index (χ1) is 3.97. The van der Waals surface area contributed by atoms with Crippen LogP contribution in [0.15, 0.2) is 0 Å². The minimum atomic E-state index is 0.174. The van der Waals surface area contributed by atoms with E-state index in [0.29, 0.717) is 0 Å². The van der Waals surface area contributed by atoms with Gasteiger partial charge < -0.3 is 0 Å². The van der Waals surface area contributed by atoms with Crippen LogP contribution in [0.4, 0.5) is 0 Å². The molecule has 0 spiro atoms. The van der Waals surface area contributed by atoms with Crippen LogP contribution in [0.1, 0.15) is 19.3 Å². The molecule has 0 bridgehead atoms. The topological polar surface area (TPSA) is 0 Å². The third-order valence-electron chi connectivity index (χ3n) is 2.54. The molecule has 0 amide bonds. The molecule has 45 valence electrons. The number of hydrogen-bond acceptors (Lipinski definition) is 0. The molecule has 2 unspecified atom stereocenters. The molecule has 1 saturated heterocycles. The molecule has 1 aliphatic carbocycles. The molecule has 0 nitrogen and oxygen atoms in total. The molecule has 1 saturated carbocycles. The Kier molecular flexibility index (Phi) is 1.49. The molecule has 2 rings (SSSR count). The Bertz CT molecular complexity index is 70.4. The van der Waals surface area contributed by atoms with Crippen molar-refractivity contribution in [3.05, 3.63) is 0 Å². The summed E-state index contributed by atoms with van der Waals surface area (Å²) >= 11 is 0.174. The SMILES string of the molecule is C1CC2[CH2][Ta][CH2]C2C1. The van der Waals surface area contributed by atoms with Crippen molar-refractivity contribution in [1.82, 2.24) is 0 Å². The molecular weight excluding hydrogens is 265 g/mol. The minimum absolute atomic E-state index is 0.174. The Morgan fingerprint density at radius 3 is 2.25 bits per heavy atom. The monoisotopic (exact) mass is 277 g/mol. The van der Waals surface area contributed by atoms with Crippen molar-refractivity contribution in [2.75, 3.05) is 0 Å². The second-order valence-corrected chi connectivity index (χ2v) is 7.27. The Morgan fingerprint density at radius 2 is 1.62 bits per heavy atom. The van der Waals surface area contributed by atoms with Crippen LogP contribution in [-0.2, 0) is 19.8 Å². The Balaban J connectivity index is 2.04. The quantitative estimate of drug-likeness (QED) is 0.637. The van der Waals surface area contributed by atoms with E-state index in [-0.39, 0.29) is 19.8 Å². The first kappa shape index (κ1) is 5.52. The van der Waals surface area contributed by atoms with Crippen molar-refractivity contribution in [3.8, 4) is 0 Å². The fraction of sp³-hybridized carbons (Fsp3) is 1.00. The normalized spacial score (nSPS) is 44.0. The molecule has 0 aromatic carbocycles. The zero-order valence-corrected chi connectivity index (χ0v) is 8.35. The number of fused-ring (bicyclic) bond motifs is 1. The summed E-state index contributed by atoms with van der Waals surface area (Å²) in [5, 5.41) is 0. The van der Waals surface area contributed by atoms with E-state index >= 15 is 0 Å². The van der Waals surface area contributed by atoms with E-state index in [2.05, 4.69) is 0 Å². The number of rotatable bonds is 0. The first-order valence-corrected chi connectivity index (χ1v) is 8.14. The van der Waals surface area contributed by atoms with Crippen molar-refractivity contribution < 1.29 is 19.8 Å². The molecule has 0 radical (unpaired) electrons. The van der Waals surface area contributed by atoms with E-state index in [1.54, 1.807) is 28.5 Å². The summed E-state index contributed by atoms with van der Waals surface area (Å²) < 4.78 is 3.48. The van der Waals surface area contributed by atoms with E-state index < -0.39 is 0 Å². The molecule has 0 N–H and O–H groups in total. The number of hydrogen-bond donors (Lipinski definition) is 0. The molecule has 0 aromatic rings. The van der Waals surface area contributed by atoms with Crippen molar-refractivity contribution in [1.29, 1.82) is 0 Å². The predicted molar refractivity (Wildman–Crippen MR) is 30.4 cm³/mol. The van der Waals surface area contributed by atoms with Crippen molar-refractivity contribution >= 4 is 0 Å². The van der Waals surface area contributed by atoms with Crippen LogP contribution >= 0.6 is 0 Å². The van der Waals surface area contributed by atoms with Crippen molar-refractivity contribution in [3.63, 3.8) is 0 Å². The van der Waals surface area contributed by atoms with Crippen LogP contribution in [0, 0.1) is 11.8 Å². The third-order valence-corrected chi connectivity index (χ3v) is 7.77. The summed E-state index contributed by atoms with van der Waals surface area (Å²) in [4.78, 5) is 0. The van der Waals surface area contributed by atoms with E-state index in [1.165, 1.54) is 11.8 Å². The second kappa shape index (κ2) is 2.17. The van der Waals surface area contributed by atoms with Gasteiger partial charge >= 0.3 is 60.1 Å². The van der Waals surface area contributed by atoms with Gasteiger partial charge in [-0.1, -0.05) is 0 Å². The summed E-state index contributed by atoms with van der Waals surface area (Å²) in [7, 11) is 0. The molecular formula is C7H12Ta. The molecule has 1 aliphatic heterocycles. The standard InChI is InChI=1S/C7H12.Ta/c1-6-4-3-5-7(6)2;/h6-7H,1-5H2;. The van der Waals surface area contributed by atoms with Gasteiger partial charge in [0.25, 0.3) is 0 Å². The van der Waals surface area contributed by atoms with Crippen LogP contribution in [0.25, 0.3) is 0 Å². The molecule has 1 heterocycles. The van der Waals surface area contributed by atoms with Gasteiger partial charge in [0.2, 0.25) is 0 Å². The maximum atomic E-state index is 1.74. The van der Waals surface area contributed by atoms with E-state index in [0.717, 1.165) is 0 Å². The van der Waals surface area contributed by atoms with Gasteiger partial charge in [0.05, 0.1) is 0 Å². The van der Waals surface area contributed by atoms with Crippen LogP contribution in [0.3, 0.4) is 0 Å². The Labute approximate surface area is 60.4 Å². The predicted octanol–water partition coefficient (Wildman–Crippen LogP) is 2.34.